The quantitative estimate of drug-likeness (QED) is 0.457. The van der Waals surface area contributed by atoms with Crippen LogP contribution in [0.5, 0.6) is 0 Å². The minimum atomic E-state index is -3.95. The number of nitro benzene ring substituents is 1. The lowest BCUT2D eigenvalue weighted by molar-refractivity contribution is -0.384. The number of aliphatic carboxylic acids is 1. The molecule has 2 aromatic rings. The number of carboxylic acid groups (broad SMARTS) is 1. The van der Waals surface area contributed by atoms with Crippen molar-refractivity contribution in [3.63, 3.8) is 0 Å². The maximum atomic E-state index is 12.9. The number of hydrogen-bond acceptors (Lipinski definition) is 6. The van der Waals surface area contributed by atoms with Crippen LogP contribution >= 0.6 is 0 Å². The second kappa shape index (κ2) is 9.33. The number of carbonyl (C=O) groups is 1. The molecule has 2 atom stereocenters. The van der Waals surface area contributed by atoms with Gasteiger partial charge < -0.3 is 5.11 Å². The van der Waals surface area contributed by atoms with Crippen molar-refractivity contribution in [1.29, 1.82) is 0 Å². The molecule has 1 aliphatic rings. The molecule has 30 heavy (non-hydrogen) atoms. The highest BCUT2D eigenvalue weighted by atomic mass is 32.2. The zero-order chi connectivity index (χ0) is 21.7. The minimum absolute atomic E-state index is 0.0811. The van der Waals surface area contributed by atoms with E-state index >= 15 is 0 Å². The Labute approximate surface area is 174 Å². The molecular weight excluding hydrogens is 410 g/mol. The summed E-state index contributed by atoms with van der Waals surface area (Å²) in [5, 5.41) is 20.2. The van der Waals surface area contributed by atoms with Gasteiger partial charge in [0.1, 0.15) is 6.04 Å². The molecule has 0 saturated carbocycles. The lowest BCUT2D eigenvalue weighted by Gasteiger charge is -2.27. The summed E-state index contributed by atoms with van der Waals surface area (Å²) in [5.74, 6) is -0.913. The topological polar surface area (TPSA) is 130 Å². The normalized spacial score (nSPS) is 18.2. The summed E-state index contributed by atoms with van der Waals surface area (Å²) in [4.78, 5) is 23.4. The smallest absolute Gasteiger partial charge is 0.320 e. The number of nitro groups is 1. The van der Waals surface area contributed by atoms with Gasteiger partial charge in [-0.05, 0) is 43.5 Å². The molecule has 2 N–H and O–H groups in total. The first-order chi connectivity index (χ1) is 14.3. The maximum absolute atomic E-state index is 12.9. The van der Waals surface area contributed by atoms with E-state index in [0.29, 0.717) is 19.4 Å². The van der Waals surface area contributed by atoms with Gasteiger partial charge in [0.2, 0.25) is 10.0 Å². The van der Waals surface area contributed by atoms with E-state index in [-0.39, 0.29) is 17.1 Å². The summed E-state index contributed by atoms with van der Waals surface area (Å²) in [6.07, 6.45) is 1.66. The van der Waals surface area contributed by atoms with Crippen LogP contribution in [0, 0.1) is 10.1 Å². The number of non-ortho nitro benzene ring substituents is 1. The third kappa shape index (κ3) is 5.41. The first kappa shape index (κ1) is 21.9. The van der Waals surface area contributed by atoms with Gasteiger partial charge in [0.15, 0.2) is 0 Å². The average Bonchev–Trinajstić information content (AvgIpc) is 3.17. The summed E-state index contributed by atoms with van der Waals surface area (Å²) in [7, 11) is -3.95. The Morgan fingerprint density at radius 3 is 2.47 bits per heavy atom. The Bertz CT molecular complexity index is 995. The molecular formula is C20H23N3O6S. The summed E-state index contributed by atoms with van der Waals surface area (Å²) in [6.45, 7) is 0.833. The zero-order valence-electron chi connectivity index (χ0n) is 16.2. The molecule has 3 rings (SSSR count). The lowest BCUT2D eigenvalue weighted by Crippen LogP contribution is -2.48. The predicted molar refractivity (Wildman–Crippen MR) is 110 cm³/mol. The van der Waals surface area contributed by atoms with Crippen LogP contribution in [0.15, 0.2) is 59.5 Å². The monoisotopic (exact) mass is 433 g/mol. The van der Waals surface area contributed by atoms with Gasteiger partial charge in [0, 0.05) is 24.7 Å². The van der Waals surface area contributed by atoms with Gasteiger partial charge in [-0.15, -0.1) is 0 Å². The molecule has 0 aliphatic carbocycles. The van der Waals surface area contributed by atoms with Crippen LogP contribution in [0.25, 0.3) is 0 Å². The first-order valence-electron chi connectivity index (χ1n) is 9.54. The fourth-order valence-electron chi connectivity index (χ4n) is 3.68. The van der Waals surface area contributed by atoms with Crippen LogP contribution in [-0.2, 0) is 21.2 Å². The summed E-state index contributed by atoms with van der Waals surface area (Å²) in [6, 6.07) is 12.8. The molecule has 160 valence electrons. The van der Waals surface area contributed by atoms with Crippen LogP contribution in [0.1, 0.15) is 18.4 Å². The van der Waals surface area contributed by atoms with Gasteiger partial charge in [-0.3, -0.25) is 19.8 Å². The van der Waals surface area contributed by atoms with E-state index in [1.807, 2.05) is 30.3 Å². The third-order valence-electron chi connectivity index (χ3n) is 5.11. The van der Waals surface area contributed by atoms with Crippen LogP contribution in [0.2, 0.25) is 0 Å². The van der Waals surface area contributed by atoms with Crippen molar-refractivity contribution in [2.24, 2.45) is 0 Å². The van der Waals surface area contributed by atoms with Crippen LogP contribution < -0.4 is 4.72 Å². The van der Waals surface area contributed by atoms with E-state index in [9.17, 15) is 28.4 Å². The van der Waals surface area contributed by atoms with E-state index in [2.05, 4.69) is 4.72 Å². The first-order valence-corrected chi connectivity index (χ1v) is 11.0. The van der Waals surface area contributed by atoms with Gasteiger partial charge in [-0.2, -0.15) is 0 Å². The molecule has 2 aromatic carbocycles. The van der Waals surface area contributed by atoms with Crippen molar-refractivity contribution in [3.8, 4) is 0 Å². The van der Waals surface area contributed by atoms with Crippen molar-refractivity contribution in [3.05, 3.63) is 70.3 Å². The van der Waals surface area contributed by atoms with E-state index in [1.165, 1.54) is 12.1 Å². The number of nitrogens with one attached hydrogen (secondary N) is 1. The van der Waals surface area contributed by atoms with Gasteiger partial charge in [-0.1, -0.05) is 30.3 Å². The molecule has 0 bridgehead atoms. The molecule has 1 aliphatic heterocycles. The number of likely N-dealkylation sites (tertiary alicyclic amines) is 1. The molecule has 0 unspecified atom stereocenters. The van der Waals surface area contributed by atoms with E-state index in [0.717, 1.165) is 24.1 Å². The molecule has 0 radical (unpaired) electrons. The summed E-state index contributed by atoms with van der Waals surface area (Å²) >= 11 is 0. The SMILES string of the molecule is O=C(O)[C@@H]1CCCN1C[C@H](Cc1ccccc1)NS(=O)(=O)c1ccc([N+](=O)[O-])cc1. The van der Waals surface area contributed by atoms with Crippen molar-refractivity contribution >= 4 is 21.7 Å². The Hall–Kier alpha value is -2.82. The van der Waals surface area contributed by atoms with E-state index in [4.69, 9.17) is 0 Å². The fourth-order valence-corrected chi connectivity index (χ4v) is 4.91. The van der Waals surface area contributed by atoms with Crippen LogP contribution in [-0.4, -0.2) is 54.5 Å². The Kier molecular flexibility index (Phi) is 6.80. The maximum Gasteiger partial charge on any atom is 0.320 e. The number of rotatable bonds is 9. The second-order valence-electron chi connectivity index (χ2n) is 7.25. The number of sulfonamides is 1. The molecule has 0 amide bonds. The molecule has 0 spiro atoms. The Balaban J connectivity index is 1.81. The lowest BCUT2D eigenvalue weighted by atomic mass is 10.1. The standard InChI is InChI=1S/C20H23N3O6S/c24-20(25)19-7-4-12-22(19)14-16(13-15-5-2-1-3-6-15)21-30(28,29)18-10-8-17(9-11-18)23(26)27/h1-3,5-6,8-11,16,19,21H,4,7,12-14H2,(H,24,25)/t16-,19-/m0/s1. The van der Waals surface area contributed by atoms with E-state index in [1.54, 1.807) is 4.90 Å². The predicted octanol–water partition coefficient (Wildman–Crippen LogP) is 2.03. The van der Waals surface area contributed by atoms with Crippen molar-refractivity contribution < 1.29 is 23.2 Å². The molecule has 9 nitrogen and oxygen atoms in total. The highest BCUT2D eigenvalue weighted by Crippen LogP contribution is 2.20. The van der Waals surface area contributed by atoms with Crippen LogP contribution in [0.4, 0.5) is 5.69 Å². The largest absolute Gasteiger partial charge is 0.480 e. The highest BCUT2D eigenvalue weighted by Gasteiger charge is 2.33. The van der Waals surface area contributed by atoms with Crippen molar-refractivity contribution in [2.75, 3.05) is 13.1 Å². The minimum Gasteiger partial charge on any atom is -0.480 e. The summed E-state index contributed by atoms with van der Waals surface area (Å²) in [5.41, 5.74) is 0.719. The number of nitrogens with zero attached hydrogens (tertiary/aromatic N) is 2. The molecule has 1 fully saturated rings. The molecule has 0 aromatic heterocycles. The number of hydrogen-bond donors (Lipinski definition) is 2. The molecule has 10 heteroatoms. The van der Waals surface area contributed by atoms with E-state index < -0.39 is 33.0 Å². The second-order valence-corrected chi connectivity index (χ2v) is 8.96. The zero-order valence-corrected chi connectivity index (χ0v) is 17.0. The Morgan fingerprint density at radius 2 is 1.87 bits per heavy atom. The fraction of sp³-hybridized carbons (Fsp3) is 0.350. The van der Waals surface area contributed by atoms with Gasteiger partial charge >= 0.3 is 5.97 Å². The van der Waals surface area contributed by atoms with Crippen molar-refractivity contribution in [2.45, 2.75) is 36.2 Å². The number of carboxylic acids is 1. The third-order valence-corrected chi connectivity index (χ3v) is 6.64. The number of benzene rings is 2. The van der Waals surface area contributed by atoms with Gasteiger partial charge in [0.05, 0.1) is 9.82 Å². The van der Waals surface area contributed by atoms with Gasteiger partial charge in [-0.25, -0.2) is 13.1 Å². The van der Waals surface area contributed by atoms with Crippen molar-refractivity contribution in [1.82, 2.24) is 9.62 Å². The highest BCUT2D eigenvalue weighted by molar-refractivity contribution is 7.89. The van der Waals surface area contributed by atoms with Gasteiger partial charge in [0.25, 0.3) is 5.69 Å². The summed E-state index contributed by atoms with van der Waals surface area (Å²) < 4.78 is 28.4. The molecule has 1 saturated heterocycles. The molecule has 1 heterocycles. The van der Waals surface area contributed by atoms with Crippen LogP contribution in [0.3, 0.4) is 0 Å². The average molecular weight is 433 g/mol. The Morgan fingerprint density at radius 1 is 1.20 bits per heavy atom.